The average Bonchev–Trinajstić information content (AvgIpc) is 2.96. The van der Waals surface area contributed by atoms with E-state index >= 15 is 0 Å². The minimum Gasteiger partial charge on any atom is -0.462 e. The summed E-state index contributed by atoms with van der Waals surface area (Å²) in [6.07, 6.45) is 3.11. The first-order valence-corrected chi connectivity index (χ1v) is 8.30. The van der Waals surface area contributed by atoms with Crippen molar-refractivity contribution >= 4 is 28.2 Å². The van der Waals surface area contributed by atoms with Crippen molar-refractivity contribution in [1.29, 1.82) is 0 Å². The van der Waals surface area contributed by atoms with Crippen molar-refractivity contribution in [2.75, 3.05) is 25.0 Å². The number of amides is 1. The summed E-state index contributed by atoms with van der Waals surface area (Å²) in [7, 11) is 0. The van der Waals surface area contributed by atoms with Crippen molar-refractivity contribution in [2.45, 2.75) is 26.2 Å². The summed E-state index contributed by atoms with van der Waals surface area (Å²) in [5.41, 5.74) is 0.659. The van der Waals surface area contributed by atoms with Gasteiger partial charge < -0.3 is 15.4 Å². The van der Waals surface area contributed by atoms with Crippen molar-refractivity contribution in [3.8, 4) is 0 Å². The quantitative estimate of drug-likeness (QED) is 0.837. The van der Waals surface area contributed by atoms with Gasteiger partial charge in [0, 0.05) is 5.92 Å². The number of hydrogen-bond acceptors (Lipinski definition) is 5. The molecule has 1 aliphatic heterocycles. The maximum Gasteiger partial charge on any atom is 0.341 e. The number of anilines is 1. The van der Waals surface area contributed by atoms with Crippen LogP contribution in [0.1, 0.15) is 36.5 Å². The van der Waals surface area contributed by atoms with Crippen LogP contribution in [-0.2, 0) is 9.53 Å². The summed E-state index contributed by atoms with van der Waals surface area (Å²) < 4.78 is 5.00. The Morgan fingerprint density at radius 1 is 1.48 bits per heavy atom. The molecule has 5 nitrogen and oxygen atoms in total. The van der Waals surface area contributed by atoms with E-state index in [9.17, 15) is 9.59 Å². The van der Waals surface area contributed by atoms with Crippen LogP contribution in [0, 0.1) is 11.3 Å². The van der Waals surface area contributed by atoms with Gasteiger partial charge in [-0.15, -0.1) is 11.3 Å². The number of carbonyl (C=O) groups excluding carboxylic acids is 2. The third-order valence-electron chi connectivity index (χ3n) is 4.50. The van der Waals surface area contributed by atoms with Crippen molar-refractivity contribution < 1.29 is 14.3 Å². The van der Waals surface area contributed by atoms with Gasteiger partial charge in [0.25, 0.3) is 0 Å². The first-order chi connectivity index (χ1) is 10.2. The van der Waals surface area contributed by atoms with Gasteiger partial charge in [-0.25, -0.2) is 4.79 Å². The summed E-state index contributed by atoms with van der Waals surface area (Å²) in [6, 6.07) is 1.70. The van der Waals surface area contributed by atoms with Crippen LogP contribution in [-0.4, -0.2) is 31.6 Å². The Labute approximate surface area is 128 Å². The third-order valence-corrected chi connectivity index (χ3v) is 5.33. The van der Waals surface area contributed by atoms with Crippen molar-refractivity contribution in [2.24, 2.45) is 11.3 Å². The molecule has 2 aliphatic rings. The molecular formula is C15H20N2O3S. The number of esters is 1. The Balaban J connectivity index is 1.64. The highest BCUT2D eigenvalue weighted by Gasteiger charge is 2.57. The van der Waals surface area contributed by atoms with Gasteiger partial charge in [0.2, 0.25) is 5.91 Å². The van der Waals surface area contributed by atoms with Crippen LogP contribution in [0.3, 0.4) is 0 Å². The highest BCUT2D eigenvalue weighted by atomic mass is 32.1. The lowest BCUT2D eigenvalue weighted by atomic mass is 9.92. The highest BCUT2D eigenvalue weighted by Crippen LogP contribution is 2.58. The van der Waals surface area contributed by atoms with E-state index in [2.05, 4.69) is 10.6 Å². The van der Waals surface area contributed by atoms with Crippen molar-refractivity contribution in [3.05, 3.63) is 17.0 Å². The van der Waals surface area contributed by atoms with E-state index < -0.39 is 0 Å². The molecule has 2 heterocycles. The largest absolute Gasteiger partial charge is 0.462 e. The molecule has 1 unspecified atom stereocenters. The van der Waals surface area contributed by atoms with Crippen LogP contribution >= 0.6 is 11.3 Å². The van der Waals surface area contributed by atoms with E-state index in [1.807, 2.05) is 0 Å². The number of nitrogens with one attached hydrogen (secondary N) is 2. The van der Waals surface area contributed by atoms with E-state index in [0.717, 1.165) is 32.4 Å². The monoisotopic (exact) mass is 308 g/mol. The number of hydrogen-bond donors (Lipinski definition) is 2. The lowest BCUT2D eigenvalue weighted by Gasteiger charge is -2.23. The highest BCUT2D eigenvalue weighted by molar-refractivity contribution is 7.14. The Kier molecular flexibility index (Phi) is 3.99. The van der Waals surface area contributed by atoms with Crippen LogP contribution < -0.4 is 10.6 Å². The predicted molar refractivity (Wildman–Crippen MR) is 81.5 cm³/mol. The fraction of sp³-hybridized carbons (Fsp3) is 0.600. The summed E-state index contributed by atoms with van der Waals surface area (Å²) in [4.78, 5) is 24.2. The minimum atomic E-state index is -0.374. The molecule has 1 atom stereocenters. The van der Waals surface area contributed by atoms with Gasteiger partial charge in [0.1, 0.15) is 5.00 Å². The van der Waals surface area contributed by atoms with E-state index in [4.69, 9.17) is 4.74 Å². The predicted octanol–water partition coefficient (Wildman–Crippen LogP) is 2.25. The molecule has 1 saturated carbocycles. The van der Waals surface area contributed by atoms with Gasteiger partial charge in [-0.05, 0) is 56.1 Å². The van der Waals surface area contributed by atoms with Gasteiger partial charge in [-0.3, -0.25) is 4.79 Å². The summed E-state index contributed by atoms with van der Waals surface area (Å²) in [6.45, 7) is 4.10. The topological polar surface area (TPSA) is 67.4 Å². The molecule has 6 heteroatoms. The van der Waals surface area contributed by atoms with E-state index in [1.54, 1.807) is 18.4 Å². The Hall–Kier alpha value is -1.40. The van der Waals surface area contributed by atoms with Crippen molar-refractivity contribution in [1.82, 2.24) is 5.32 Å². The zero-order chi connectivity index (χ0) is 14.9. The van der Waals surface area contributed by atoms with Crippen LogP contribution in [0.5, 0.6) is 0 Å². The van der Waals surface area contributed by atoms with Crippen LogP contribution in [0.25, 0.3) is 0 Å². The maximum atomic E-state index is 12.4. The van der Waals surface area contributed by atoms with Crippen LogP contribution in [0.4, 0.5) is 5.00 Å². The van der Waals surface area contributed by atoms with E-state index in [0.29, 0.717) is 17.2 Å². The number of thiophene rings is 1. The number of carbonyl (C=O) groups is 2. The van der Waals surface area contributed by atoms with Gasteiger partial charge in [0.05, 0.1) is 12.2 Å². The molecule has 3 rings (SSSR count). The summed E-state index contributed by atoms with van der Waals surface area (Å²) in [5.74, 6) is -0.233. The molecule has 1 spiro atoms. The summed E-state index contributed by atoms with van der Waals surface area (Å²) in [5, 5.41) is 8.66. The lowest BCUT2D eigenvalue weighted by molar-refractivity contribution is -0.118. The molecule has 0 aromatic carbocycles. The van der Waals surface area contributed by atoms with Gasteiger partial charge in [-0.2, -0.15) is 0 Å². The molecule has 1 aromatic rings. The molecule has 1 aromatic heterocycles. The SMILES string of the molecule is CCOC(=O)c1ccsc1NC(=O)C1CC12CCNCC2. The molecule has 2 N–H and O–H groups in total. The number of rotatable bonds is 4. The fourth-order valence-corrected chi connectivity index (χ4v) is 3.95. The zero-order valence-electron chi connectivity index (χ0n) is 12.1. The van der Waals surface area contributed by atoms with Gasteiger partial charge in [0.15, 0.2) is 0 Å². The number of ether oxygens (including phenoxy) is 1. The third kappa shape index (κ3) is 2.82. The molecule has 1 aliphatic carbocycles. The smallest absolute Gasteiger partial charge is 0.341 e. The Morgan fingerprint density at radius 3 is 2.95 bits per heavy atom. The van der Waals surface area contributed by atoms with E-state index in [1.165, 1.54) is 11.3 Å². The molecule has 0 bridgehead atoms. The summed E-state index contributed by atoms with van der Waals surface area (Å²) >= 11 is 1.37. The normalized spacial score (nSPS) is 22.8. The first-order valence-electron chi connectivity index (χ1n) is 7.42. The fourth-order valence-electron chi connectivity index (χ4n) is 3.17. The second-order valence-electron chi connectivity index (χ2n) is 5.74. The average molecular weight is 308 g/mol. The standard InChI is InChI=1S/C15H20N2O3S/c1-2-20-14(19)10-3-8-21-13(10)17-12(18)11-9-15(11)4-6-16-7-5-15/h3,8,11,16H,2,4-7,9H2,1H3,(H,17,18). The Morgan fingerprint density at radius 2 is 2.24 bits per heavy atom. The van der Waals surface area contributed by atoms with Crippen molar-refractivity contribution in [3.63, 3.8) is 0 Å². The molecule has 1 amide bonds. The number of piperidine rings is 1. The first kappa shape index (κ1) is 14.5. The van der Waals surface area contributed by atoms with E-state index in [-0.39, 0.29) is 23.2 Å². The second kappa shape index (κ2) is 5.77. The molecule has 114 valence electrons. The molecular weight excluding hydrogens is 288 g/mol. The second-order valence-corrected chi connectivity index (χ2v) is 6.66. The van der Waals surface area contributed by atoms with Crippen LogP contribution in [0.15, 0.2) is 11.4 Å². The van der Waals surface area contributed by atoms with Crippen LogP contribution in [0.2, 0.25) is 0 Å². The van der Waals surface area contributed by atoms with Gasteiger partial charge >= 0.3 is 5.97 Å². The maximum absolute atomic E-state index is 12.4. The lowest BCUT2D eigenvalue weighted by Crippen LogP contribution is -2.31. The Bertz CT molecular complexity index is 549. The molecule has 0 radical (unpaired) electrons. The molecule has 1 saturated heterocycles. The van der Waals surface area contributed by atoms with Gasteiger partial charge in [-0.1, -0.05) is 0 Å². The minimum absolute atomic E-state index is 0.0462. The molecule has 2 fully saturated rings. The molecule has 21 heavy (non-hydrogen) atoms. The zero-order valence-corrected chi connectivity index (χ0v) is 12.9.